The van der Waals surface area contributed by atoms with Gasteiger partial charge in [0, 0.05) is 6.04 Å². The van der Waals surface area contributed by atoms with Gasteiger partial charge in [-0.25, -0.2) is 13.1 Å². The number of aryl methyl sites for hydroxylation is 1. The lowest BCUT2D eigenvalue weighted by Gasteiger charge is -2.26. The standard InChI is InChI=1S/C17H17Cl2NO2S/c18-15-9-8-12(10-16(15)19)11-23(21,22)20-17-7-3-5-13-4-1-2-6-14(13)17/h1-2,4,6,8-10,17,20H,3,5,7,11H2/t17-/m1/s1. The predicted molar refractivity (Wildman–Crippen MR) is 94.3 cm³/mol. The van der Waals surface area contributed by atoms with Crippen LogP contribution in [-0.2, 0) is 22.2 Å². The summed E-state index contributed by atoms with van der Waals surface area (Å²) in [6.07, 6.45) is 2.80. The Balaban J connectivity index is 1.78. The lowest BCUT2D eigenvalue weighted by Crippen LogP contribution is -2.31. The van der Waals surface area contributed by atoms with Crippen LogP contribution in [-0.4, -0.2) is 8.42 Å². The molecule has 0 heterocycles. The highest BCUT2D eigenvalue weighted by molar-refractivity contribution is 7.88. The zero-order chi connectivity index (χ0) is 16.4. The summed E-state index contributed by atoms with van der Waals surface area (Å²) >= 11 is 11.8. The van der Waals surface area contributed by atoms with Gasteiger partial charge >= 0.3 is 0 Å². The molecule has 1 aliphatic rings. The van der Waals surface area contributed by atoms with Crippen molar-refractivity contribution in [2.45, 2.75) is 31.1 Å². The largest absolute Gasteiger partial charge is 0.216 e. The first kappa shape index (κ1) is 16.8. The van der Waals surface area contributed by atoms with E-state index in [0.717, 1.165) is 24.8 Å². The molecule has 0 bridgehead atoms. The van der Waals surface area contributed by atoms with Crippen molar-refractivity contribution in [1.29, 1.82) is 0 Å². The highest BCUT2D eigenvalue weighted by Gasteiger charge is 2.24. The summed E-state index contributed by atoms with van der Waals surface area (Å²) in [5.74, 6) is -0.109. The van der Waals surface area contributed by atoms with Crippen LogP contribution in [0.15, 0.2) is 42.5 Å². The molecule has 0 saturated heterocycles. The van der Waals surface area contributed by atoms with Gasteiger partial charge in [0.1, 0.15) is 0 Å². The van der Waals surface area contributed by atoms with Gasteiger partial charge in [0.25, 0.3) is 0 Å². The molecule has 6 heteroatoms. The molecular weight excluding hydrogens is 353 g/mol. The van der Waals surface area contributed by atoms with Crippen molar-refractivity contribution < 1.29 is 8.42 Å². The van der Waals surface area contributed by atoms with Gasteiger partial charge < -0.3 is 0 Å². The SMILES string of the molecule is O=S(=O)(Cc1ccc(Cl)c(Cl)c1)N[C@@H]1CCCc2ccccc21. The number of benzene rings is 2. The highest BCUT2D eigenvalue weighted by Crippen LogP contribution is 2.30. The van der Waals surface area contributed by atoms with E-state index in [0.29, 0.717) is 15.6 Å². The Morgan fingerprint density at radius 2 is 1.87 bits per heavy atom. The molecule has 0 spiro atoms. The van der Waals surface area contributed by atoms with E-state index < -0.39 is 10.0 Å². The first-order valence-corrected chi connectivity index (χ1v) is 9.87. The van der Waals surface area contributed by atoms with Gasteiger partial charge in [-0.05, 0) is 48.1 Å². The van der Waals surface area contributed by atoms with Crippen molar-refractivity contribution in [3.05, 3.63) is 69.2 Å². The smallest absolute Gasteiger partial charge is 0.212 e. The van der Waals surface area contributed by atoms with Crippen LogP contribution in [0.25, 0.3) is 0 Å². The predicted octanol–water partition coefficient (Wildman–Crippen LogP) is 4.49. The van der Waals surface area contributed by atoms with Gasteiger partial charge in [-0.2, -0.15) is 0 Å². The van der Waals surface area contributed by atoms with E-state index >= 15 is 0 Å². The minimum absolute atomic E-state index is 0.109. The molecule has 23 heavy (non-hydrogen) atoms. The summed E-state index contributed by atoms with van der Waals surface area (Å²) in [6.45, 7) is 0. The molecule has 122 valence electrons. The zero-order valence-corrected chi connectivity index (χ0v) is 14.8. The average Bonchev–Trinajstić information content (AvgIpc) is 2.51. The lowest BCUT2D eigenvalue weighted by molar-refractivity contribution is 0.507. The lowest BCUT2D eigenvalue weighted by atomic mass is 9.88. The van der Waals surface area contributed by atoms with E-state index in [1.54, 1.807) is 18.2 Å². The van der Waals surface area contributed by atoms with Crippen LogP contribution < -0.4 is 4.72 Å². The maximum Gasteiger partial charge on any atom is 0.216 e. The molecule has 0 saturated carbocycles. The molecule has 1 N–H and O–H groups in total. The number of hydrogen-bond acceptors (Lipinski definition) is 2. The Kier molecular flexibility index (Phi) is 4.97. The Morgan fingerprint density at radius 3 is 2.65 bits per heavy atom. The molecule has 0 aliphatic heterocycles. The van der Waals surface area contributed by atoms with Crippen LogP contribution in [0.5, 0.6) is 0 Å². The molecule has 0 radical (unpaired) electrons. The van der Waals surface area contributed by atoms with Gasteiger partial charge in [0.15, 0.2) is 0 Å². The van der Waals surface area contributed by atoms with E-state index in [2.05, 4.69) is 10.8 Å². The maximum absolute atomic E-state index is 12.5. The first-order valence-electron chi connectivity index (χ1n) is 7.46. The number of nitrogens with one attached hydrogen (secondary N) is 1. The van der Waals surface area contributed by atoms with Crippen molar-refractivity contribution in [3.63, 3.8) is 0 Å². The monoisotopic (exact) mass is 369 g/mol. The highest BCUT2D eigenvalue weighted by atomic mass is 35.5. The Labute approximate surface area is 146 Å². The molecule has 1 atom stereocenters. The van der Waals surface area contributed by atoms with Crippen LogP contribution in [0.1, 0.15) is 35.6 Å². The van der Waals surface area contributed by atoms with Gasteiger partial charge in [-0.3, -0.25) is 0 Å². The van der Waals surface area contributed by atoms with E-state index in [9.17, 15) is 8.42 Å². The fourth-order valence-electron chi connectivity index (χ4n) is 2.98. The Bertz CT molecular complexity index is 821. The van der Waals surface area contributed by atoms with Crippen molar-refractivity contribution >= 4 is 33.2 Å². The molecule has 3 nitrogen and oxygen atoms in total. The van der Waals surface area contributed by atoms with Crippen molar-refractivity contribution in [3.8, 4) is 0 Å². The van der Waals surface area contributed by atoms with E-state index in [1.807, 2.05) is 18.2 Å². The number of sulfonamides is 1. The topological polar surface area (TPSA) is 46.2 Å². The molecular formula is C17H17Cl2NO2S. The molecule has 0 amide bonds. The summed E-state index contributed by atoms with van der Waals surface area (Å²) in [4.78, 5) is 0. The fraction of sp³-hybridized carbons (Fsp3) is 0.294. The van der Waals surface area contributed by atoms with Gasteiger partial charge in [-0.1, -0.05) is 53.5 Å². The Morgan fingerprint density at radius 1 is 1.09 bits per heavy atom. The van der Waals surface area contributed by atoms with Crippen molar-refractivity contribution in [2.75, 3.05) is 0 Å². The van der Waals surface area contributed by atoms with Gasteiger partial charge in [0.2, 0.25) is 10.0 Å². The number of hydrogen-bond donors (Lipinski definition) is 1. The second-order valence-electron chi connectivity index (χ2n) is 5.77. The molecule has 3 rings (SSSR count). The quantitative estimate of drug-likeness (QED) is 0.862. The summed E-state index contributed by atoms with van der Waals surface area (Å²) in [5, 5.41) is 0.782. The summed E-state index contributed by atoms with van der Waals surface area (Å²) in [7, 11) is -3.46. The van der Waals surface area contributed by atoms with Crippen LogP contribution in [0.2, 0.25) is 10.0 Å². The third kappa shape index (κ3) is 4.07. The number of halogens is 2. The minimum Gasteiger partial charge on any atom is -0.212 e. The van der Waals surface area contributed by atoms with Gasteiger partial charge in [-0.15, -0.1) is 0 Å². The van der Waals surface area contributed by atoms with E-state index in [1.165, 1.54) is 5.56 Å². The minimum atomic E-state index is -3.46. The number of rotatable bonds is 4. The number of fused-ring (bicyclic) bond motifs is 1. The fourth-order valence-corrected chi connectivity index (χ4v) is 4.68. The van der Waals surface area contributed by atoms with E-state index in [-0.39, 0.29) is 11.8 Å². The van der Waals surface area contributed by atoms with Crippen LogP contribution in [0.3, 0.4) is 0 Å². The molecule has 2 aromatic rings. The van der Waals surface area contributed by atoms with Crippen molar-refractivity contribution in [1.82, 2.24) is 4.72 Å². The summed E-state index contributed by atoms with van der Waals surface area (Å²) < 4.78 is 27.8. The molecule has 1 aliphatic carbocycles. The second-order valence-corrected chi connectivity index (χ2v) is 8.34. The van der Waals surface area contributed by atoms with Crippen LogP contribution in [0.4, 0.5) is 0 Å². The molecule has 2 aromatic carbocycles. The third-order valence-corrected chi connectivity index (χ3v) is 6.13. The van der Waals surface area contributed by atoms with Crippen LogP contribution >= 0.6 is 23.2 Å². The Hall–Kier alpha value is -1.07. The normalized spacial score (nSPS) is 17.7. The van der Waals surface area contributed by atoms with Crippen LogP contribution in [0, 0.1) is 0 Å². The maximum atomic E-state index is 12.5. The second kappa shape index (κ2) is 6.81. The average molecular weight is 370 g/mol. The van der Waals surface area contributed by atoms with E-state index in [4.69, 9.17) is 23.2 Å². The summed E-state index contributed by atoms with van der Waals surface area (Å²) in [6, 6.07) is 12.7. The molecule has 0 aromatic heterocycles. The summed E-state index contributed by atoms with van der Waals surface area (Å²) in [5.41, 5.74) is 2.92. The third-order valence-electron chi connectivity index (χ3n) is 4.03. The molecule has 0 fully saturated rings. The zero-order valence-electron chi connectivity index (χ0n) is 12.4. The van der Waals surface area contributed by atoms with Crippen molar-refractivity contribution in [2.24, 2.45) is 0 Å². The first-order chi connectivity index (χ1) is 10.9. The molecule has 0 unspecified atom stereocenters. The van der Waals surface area contributed by atoms with Gasteiger partial charge in [0.05, 0.1) is 15.8 Å².